The second-order valence-electron chi connectivity index (χ2n) is 4.00. The molecule has 5 nitrogen and oxygen atoms in total. The van der Waals surface area contributed by atoms with E-state index >= 15 is 0 Å². The smallest absolute Gasteiger partial charge is 0.251 e. The number of thiophene rings is 1. The van der Waals surface area contributed by atoms with E-state index in [4.69, 9.17) is 0 Å². The lowest BCUT2D eigenvalue weighted by Crippen LogP contribution is -2.50. The number of aryl methyl sites for hydroxylation is 1. The first kappa shape index (κ1) is 12.5. The van der Waals surface area contributed by atoms with E-state index in [0.717, 1.165) is 17.8 Å². The van der Waals surface area contributed by atoms with Crippen LogP contribution in [0.25, 0.3) is 0 Å². The van der Waals surface area contributed by atoms with Crippen molar-refractivity contribution in [1.29, 1.82) is 0 Å². The molecule has 0 aliphatic carbocycles. The number of piperidine rings is 1. The number of amides is 1. The lowest BCUT2D eigenvalue weighted by atomic mass is 10.1. The van der Waals surface area contributed by atoms with Crippen molar-refractivity contribution in [1.82, 2.24) is 10.0 Å². The molecule has 0 aromatic carbocycles. The number of nitrogens with one attached hydrogen (secondary N) is 2. The van der Waals surface area contributed by atoms with Crippen LogP contribution in [0.15, 0.2) is 15.7 Å². The van der Waals surface area contributed by atoms with Crippen molar-refractivity contribution in [2.24, 2.45) is 0 Å². The number of rotatable bonds is 3. The second kappa shape index (κ2) is 4.75. The molecule has 0 unspecified atom stereocenters. The highest BCUT2D eigenvalue weighted by Gasteiger charge is 2.28. The van der Waals surface area contributed by atoms with Gasteiger partial charge in [-0.1, -0.05) is 0 Å². The predicted octanol–water partition coefficient (Wildman–Crippen LogP) is 0.613. The van der Waals surface area contributed by atoms with Crippen molar-refractivity contribution < 1.29 is 13.2 Å². The quantitative estimate of drug-likeness (QED) is 0.848. The topological polar surface area (TPSA) is 75.3 Å². The maximum atomic E-state index is 12.0. The minimum Gasteiger partial charge on any atom is -0.355 e. The molecule has 1 amide bonds. The Bertz CT molecular complexity index is 521. The zero-order valence-electron chi connectivity index (χ0n) is 9.39. The number of hydrogen-bond acceptors (Lipinski definition) is 4. The van der Waals surface area contributed by atoms with Gasteiger partial charge in [0.25, 0.3) is 10.0 Å². The molecule has 1 fully saturated rings. The van der Waals surface area contributed by atoms with Gasteiger partial charge in [0.1, 0.15) is 10.3 Å². The Balaban J connectivity index is 2.18. The van der Waals surface area contributed by atoms with E-state index in [1.807, 2.05) is 0 Å². The zero-order chi connectivity index (χ0) is 12.5. The first-order chi connectivity index (χ1) is 8.00. The standard InChI is InChI=1S/C10H14N2O3S2/c1-7-4-6-16-10(7)17(14,15)12-8-3-2-5-11-9(8)13/h4,6,8,12H,2-3,5H2,1H3,(H,11,13)/t8-/m0/s1. The Morgan fingerprint density at radius 2 is 2.29 bits per heavy atom. The van der Waals surface area contributed by atoms with Crippen LogP contribution in [0.5, 0.6) is 0 Å². The molecule has 2 heterocycles. The molecule has 1 aromatic heterocycles. The Labute approximate surface area is 104 Å². The van der Waals surface area contributed by atoms with Gasteiger partial charge in [0.15, 0.2) is 0 Å². The van der Waals surface area contributed by atoms with E-state index < -0.39 is 16.1 Å². The first-order valence-electron chi connectivity index (χ1n) is 5.35. The summed E-state index contributed by atoms with van der Waals surface area (Å²) >= 11 is 1.16. The van der Waals surface area contributed by atoms with E-state index in [-0.39, 0.29) is 10.1 Å². The normalized spacial score (nSPS) is 21.2. The maximum absolute atomic E-state index is 12.0. The molecule has 2 rings (SSSR count). The van der Waals surface area contributed by atoms with Crippen LogP contribution in [0.2, 0.25) is 0 Å². The maximum Gasteiger partial charge on any atom is 0.251 e. The van der Waals surface area contributed by atoms with E-state index in [2.05, 4.69) is 10.0 Å². The van der Waals surface area contributed by atoms with Gasteiger partial charge in [-0.25, -0.2) is 8.42 Å². The van der Waals surface area contributed by atoms with Gasteiger partial charge in [-0.15, -0.1) is 11.3 Å². The largest absolute Gasteiger partial charge is 0.355 e. The molecule has 1 saturated heterocycles. The molecule has 94 valence electrons. The van der Waals surface area contributed by atoms with Gasteiger partial charge in [-0.2, -0.15) is 4.72 Å². The number of sulfonamides is 1. The first-order valence-corrected chi connectivity index (χ1v) is 7.71. The van der Waals surface area contributed by atoms with Gasteiger partial charge in [0.05, 0.1) is 0 Å². The highest BCUT2D eigenvalue weighted by atomic mass is 32.2. The molecule has 0 radical (unpaired) electrons. The van der Waals surface area contributed by atoms with Crippen molar-refractivity contribution in [2.45, 2.75) is 30.0 Å². The van der Waals surface area contributed by atoms with Crippen molar-refractivity contribution in [3.05, 3.63) is 17.0 Å². The second-order valence-corrected chi connectivity index (χ2v) is 6.82. The summed E-state index contributed by atoms with van der Waals surface area (Å²) in [6.07, 6.45) is 1.35. The highest BCUT2D eigenvalue weighted by Crippen LogP contribution is 2.22. The summed E-state index contributed by atoms with van der Waals surface area (Å²) in [6, 6.07) is 1.11. The molecule has 0 saturated carbocycles. The summed E-state index contributed by atoms with van der Waals surface area (Å²) in [5.41, 5.74) is 0.707. The molecule has 7 heteroatoms. The Morgan fingerprint density at radius 1 is 1.53 bits per heavy atom. The predicted molar refractivity (Wildman–Crippen MR) is 65.4 cm³/mol. The molecule has 1 aliphatic heterocycles. The van der Waals surface area contributed by atoms with Crippen LogP contribution in [-0.2, 0) is 14.8 Å². The van der Waals surface area contributed by atoms with E-state index in [9.17, 15) is 13.2 Å². The monoisotopic (exact) mass is 274 g/mol. The van der Waals surface area contributed by atoms with Gasteiger partial charge in [0.2, 0.25) is 5.91 Å². The van der Waals surface area contributed by atoms with Gasteiger partial charge < -0.3 is 5.32 Å². The fourth-order valence-electron chi connectivity index (χ4n) is 1.76. The van der Waals surface area contributed by atoms with Crippen molar-refractivity contribution in [3.8, 4) is 0 Å². The molecular weight excluding hydrogens is 260 g/mol. The molecule has 17 heavy (non-hydrogen) atoms. The number of hydrogen-bond donors (Lipinski definition) is 2. The fraction of sp³-hybridized carbons (Fsp3) is 0.500. The Kier molecular flexibility index (Phi) is 3.50. The Hall–Kier alpha value is -0.920. The number of carbonyl (C=O) groups is 1. The van der Waals surface area contributed by atoms with Crippen molar-refractivity contribution in [2.75, 3.05) is 6.54 Å². The molecule has 1 aliphatic rings. The third kappa shape index (κ3) is 2.67. The van der Waals surface area contributed by atoms with Crippen LogP contribution in [0.3, 0.4) is 0 Å². The lowest BCUT2D eigenvalue weighted by molar-refractivity contribution is -0.124. The van der Waals surface area contributed by atoms with Crippen LogP contribution in [0.1, 0.15) is 18.4 Å². The van der Waals surface area contributed by atoms with E-state index in [1.165, 1.54) is 0 Å². The molecule has 0 spiro atoms. The Morgan fingerprint density at radius 3 is 2.88 bits per heavy atom. The van der Waals surface area contributed by atoms with Gasteiger partial charge in [-0.3, -0.25) is 4.79 Å². The summed E-state index contributed by atoms with van der Waals surface area (Å²) in [5, 5.41) is 4.38. The summed E-state index contributed by atoms with van der Waals surface area (Å²) in [5.74, 6) is -0.242. The van der Waals surface area contributed by atoms with E-state index in [1.54, 1.807) is 18.4 Å². The van der Waals surface area contributed by atoms with Crippen molar-refractivity contribution >= 4 is 27.3 Å². The highest BCUT2D eigenvalue weighted by molar-refractivity contribution is 7.91. The molecule has 2 N–H and O–H groups in total. The van der Waals surface area contributed by atoms with E-state index in [0.29, 0.717) is 18.5 Å². The molecule has 1 aromatic rings. The minimum atomic E-state index is -3.57. The van der Waals surface area contributed by atoms with Gasteiger partial charge in [-0.05, 0) is 36.8 Å². The third-order valence-corrected chi connectivity index (χ3v) is 5.80. The van der Waals surface area contributed by atoms with Crippen molar-refractivity contribution in [3.63, 3.8) is 0 Å². The number of carbonyl (C=O) groups excluding carboxylic acids is 1. The summed E-state index contributed by atoms with van der Waals surface area (Å²) in [7, 11) is -3.57. The van der Waals surface area contributed by atoms with Gasteiger partial charge in [0, 0.05) is 6.54 Å². The average Bonchev–Trinajstić information content (AvgIpc) is 2.68. The zero-order valence-corrected chi connectivity index (χ0v) is 11.0. The average molecular weight is 274 g/mol. The summed E-state index contributed by atoms with van der Waals surface area (Å²) in [6.45, 7) is 2.36. The van der Waals surface area contributed by atoms with Crippen LogP contribution >= 0.6 is 11.3 Å². The minimum absolute atomic E-state index is 0.242. The van der Waals surface area contributed by atoms with Crippen LogP contribution in [0, 0.1) is 6.92 Å². The van der Waals surface area contributed by atoms with Gasteiger partial charge >= 0.3 is 0 Å². The van der Waals surface area contributed by atoms with Crippen LogP contribution in [-0.4, -0.2) is 26.9 Å². The van der Waals surface area contributed by atoms with Crippen LogP contribution in [0.4, 0.5) is 0 Å². The summed E-state index contributed by atoms with van der Waals surface area (Å²) in [4.78, 5) is 11.5. The fourth-order valence-corrected chi connectivity index (χ4v) is 4.43. The van der Waals surface area contributed by atoms with Crippen LogP contribution < -0.4 is 10.0 Å². The SMILES string of the molecule is Cc1ccsc1S(=O)(=O)N[C@H]1CCCNC1=O. The third-order valence-electron chi connectivity index (χ3n) is 2.64. The summed E-state index contributed by atoms with van der Waals surface area (Å²) < 4.78 is 26.8. The molecule has 0 bridgehead atoms. The molecular formula is C10H14N2O3S2. The molecule has 1 atom stereocenters. The lowest BCUT2D eigenvalue weighted by Gasteiger charge is -2.22.